The van der Waals surface area contributed by atoms with Gasteiger partial charge in [0.25, 0.3) is 0 Å². The van der Waals surface area contributed by atoms with Crippen LogP contribution in [0.4, 0.5) is 5.69 Å². The van der Waals surface area contributed by atoms with Gasteiger partial charge in [-0.15, -0.1) is 5.10 Å². The fraction of sp³-hybridized carbons (Fsp3) is 0.0588. The largest absolute Gasteiger partial charge is 0.398 e. The SMILES string of the molecule is Cc1ccc(-n2nnnc2-c2cnc3ccccc3c2N)cc1. The maximum Gasteiger partial charge on any atom is 0.190 e. The van der Waals surface area contributed by atoms with Crippen LogP contribution in [0, 0.1) is 6.92 Å². The minimum Gasteiger partial charge on any atom is -0.398 e. The van der Waals surface area contributed by atoms with Crippen molar-refractivity contribution in [1.82, 2.24) is 25.2 Å². The number of anilines is 1. The molecule has 0 bridgehead atoms. The van der Waals surface area contributed by atoms with Crippen LogP contribution in [-0.4, -0.2) is 25.2 Å². The van der Waals surface area contributed by atoms with E-state index in [1.807, 2.05) is 55.5 Å². The second-order valence-electron chi connectivity index (χ2n) is 5.35. The number of nitrogens with two attached hydrogens (primary N) is 1. The minimum absolute atomic E-state index is 0.574. The first-order valence-electron chi connectivity index (χ1n) is 7.23. The summed E-state index contributed by atoms with van der Waals surface area (Å²) in [7, 11) is 0. The van der Waals surface area contributed by atoms with Crippen LogP contribution in [0.2, 0.25) is 0 Å². The molecule has 0 spiro atoms. The molecular formula is C17H14N6. The van der Waals surface area contributed by atoms with Crippen LogP contribution in [0.25, 0.3) is 28.0 Å². The number of aryl methyl sites for hydroxylation is 1. The molecule has 6 heteroatoms. The Morgan fingerprint density at radius 1 is 1.00 bits per heavy atom. The van der Waals surface area contributed by atoms with Gasteiger partial charge in [0.2, 0.25) is 0 Å². The van der Waals surface area contributed by atoms with Crippen LogP contribution in [0.5, 0.6) is 0 Å². The number of rotatable bonds is 2. The van der Waals surface area contributed by atoms with Gasteiger partial charge in [-0.3, -0.25) is 4.98 Å². The van der Waals surface area contributed by atoms with Gasteiger partial charge in [-0.1, -0.05) is 35.9 Å². The number of fused-ring (bicyclic) bond motifs is 1. The van der Waals surface area contributed by atoms with E-state index in [0.29, 0.717) is 17.1 Å². The van der Waals surface area contributed by atoms with E-state index < -0.39 is 0 Å². The molecule has 4 aromatic rings. The van der Waals surface area contributed by atoms with E-state index in [2.05, 4.69) is 20.5 Å². The lowest BCUT2D eigenvalue weighted by Crippen LogP contribution is -2.02. The number of para-hydroxylation sites is 1. The van der Waals surface area contributed by atoms with Crippen LogP contribution in [0.3, 0.4) is 0 Å². The third-order valence-corrected chi connectivity index (χ3v) is 3.81. The highest BCUT2D eigenvalue weighted by Gasteiger charge is 2.15. The lowest BCUT2D eigenvalue weighted by molar-refractivity contribution is 0.791. The van der Waals surface area contributed by atoms with E-state index in [-0.39, 0.29) is 0 Å². The average Bonchev–Trinajstić information content (AvgIpc) is 3.05. The summed E-state index contributed by atoms with van der Waals surface area (Å²) in [5, 5.41) is 12.9. The normalized spacial score (nSPS) is 11.0. The van der Waals surface area contributed by atoms with Crippen molar-refractivity contribution in [2.24, 2.45) is 0 Å². The van der Waals surface area contributed by atoms with Crippen molar-refractivity contribution >= 4 is 16.6 Å². The minimum atomic E-state index is 0.574. The van der Waals surface area contributed by atoms with Crippen molar-refractivity contribution in [3.05, 3.63) is 60.3 Å². The Hall–Kier alpha value is -3.28. The summed E-state index contributed by atoms with van der Waals surface area (Å²) in [6.07, 6.45) is 1.72. The molecule has 0 saturated carbocycles. The molecule has 0 radical (unpaired) electrons. The first-order valence-corrected chi connectivity index (χ1v) is 7.23. The molecule has 0 fully saturated rings. The number of aromatic nitrogens is 5. The Bertz CT molecular complexity index is 988. The number of nitrogens with zero attached hydrogens (tertiary/aromatic N) is 5. The molecule has 0 saturated heterocycles. The van der Waals surface area contributed by atoms with Gasteiger partial charge in [0.1, 0.15) is 0 Å². The van der Waals surface area contributed by atoms with Crippen LogP contribution in [-0.2, 0) is 0 Å². The van der Waals surface area contributed by atoms with Gasteiger partial charge >= 0.3 is 0 Å². The van der Waals surface area contributed by atoms with Crippen LogP contribution in [0.1, 0.15) is 5.56 Å². The molecule has 4 rings (SSSR count). The molecule has 0 amide bonds. The van der Waals surface area contributed by atoms with Gasteiger partial charge in [-0.2, -0.15) is 4.68 Å². The van der Waals surface area contributed by atoms with E-state index in [0.717, 1.165) is 16.6 Å². The average molecular weight is 302 g/mol. The molecule has 6 nitrogen and oxygen atoms in total. The standard InChI is InChI=1S/C17H14N6/c1-11-6-8-12(9-7-11)23-17(20-21-22-23)14-10-19-15-5-3-2-4-13(15)16(14)18/h2-10H,1H3,(H2,18,19). The van der Waals surface area contributed by atoms with Crippen molar-refractivity contribution < 1.29 is 0 Å². The van der Waals surface area contributed by atoms with E-state index in [9.17, 15) is 0 Å². The monoisotopic (exact) mass is 302 g/mol. The topological polar surface area (TPSA) is 82.5 Å². The van der Waals surface area contributed by atoms with Gasteiger partial charge in [-0.25, -0.2) is 0 Å². The molecule has 2 heterocycles. The summed E-state index contributed by atoms with van der Waals surface area (Å²) in [6.45, 7) is 2.04. The molecule has 0 unspecified atom stereocenters. The van der Waals surface area contributed by atoms with Crippen molar-refractivity contribution in [2.75, 3.05) is 5.73 Å². The second kappa shape index (κ2) is 5.17. The molecule has 2 aromatic carbocycles. The molecular weight excluding hydrogens is 288 g/mol. The third kappa shape index (κ3) is 2.20. The number of hydrogen-bond donors (Lipinski definition) is 1. The highest BCUT2D eigenvalue weighted by atomic mass is 15.5. The molecule has 2 aromatic heterocycles. The number of hydrogen-bond acceptors (Lipinski definition) is 5. The molecule has 2 N–H and O–H groups in total. The summed E-state index contributed by atoms with van der Waals surface area (Å²) in [4.78, 5) is 4.46. The van der Waals surface area contributed by atoms with E-state index >= 15 is 0 Å². The summed E-state index contributed by atoms with van der Waals surface area (Å²) in [5.41, 5.74) is 10.6. The maximum absolute atomic E-state index is 6.33. The fourth-order valence-corrected chi connectivity index (χ4v) is 2.56. The lowest BCUT2D eigenvalue weighted by atomic mass is 10.1. The maximum atomic E-state index is 6.33. The van der Waals surface area contributed by atoms with Gasteiger partial charge in [0, 0.05) is 11.6 Å². The summed E-state index contributed by atoms with van der Waals surface area (Å²) in [5.74, 6) is 0.574. The molecule has 0 aliphatic heterocycles. The fourth-order valence-electron chi connectivity index (χ4n) is 2.56. The van der Waals surface area contributed by atoms with Crippen LogP contribution in [0.15, 0.2) is 54.7 Å². The molecule has 0 atom stereocenters. The van der Waals surface area contributed by atoms with E-state index in [1.165, 1.54) is 5.56 Å². The predicted octanol–water partition coefficient (Wildman–Crippen LogP) is 2.77. The van der Waals surface area contributed by atoms with E-state index in [4.69, 9.17) is 5.73 Å². The van der Waals surface area contributed by atoms with Crippen LogP contribution < -0.4 is 5.73 Å². The number of pyridine rings is 1. The Kier molecular flexibility index (Phi) is 3.01. The van der Waals surface area contributed by atoms with E-state index in [1.54, 1.807) is 10.9 Å². The van der Waals surface area contributed by atoms with Gasteiger partial charge in [-0.05, 0) is 35.5 Å². The second-order valence-corrected chi connectivity index (χ2v) is 5.35. The molecule has 0 aliphatic carbocycles. The number of benzene rings is 2. The summed E-state index contributed by atoms with van der Waals surface area (Å²) in [6, 6.07) is 15.7. The Morgan fingerprint density at radius 2 is 1.78 bits per heavy atom. The smallest absolute Gasteiger partial charge is 0.190 e. The predicted molar refractivity (Wildman–Crippen MR) is 89.0 cm³/mol. The Morgan fingerprint density at radius 3 is 2.61 bits per heavy atom. The third-order valence-electron chi connectivity index (χ3n) is 3.81. The van der Waals surface area contributed by atoms with Gasteiger partial charge in [0.15, 0.2) is 5.82 Å². The Balaban J connectivity index is 1.91. The van der Waals surface area contributed by atoms with Gasteiger partial charge < -0.3 is 5.73 Å². The van der Waals surface area contributed by atoms with Crippen molar-refractivity contribution in [3.8, 4) is 17.1 Å². The summed E-state index contributed by atoms with van der Waals surface area (Å²) < 4.78 is 1.67. The zero-order valence-electron chi connectivity index (χ0n) is 12.5. The van der Waals surface area contributed by atoms with Crippen molar-refractivity contribution in [1.29, 1.82) is 0 Å². The zero-order valence-corrected chi connectivity index (χ0v) is 12.5. The zero-order chi connectivity index (χ0) is 15.8. The molecule has 23 heavy (non-hydrogen) atoms. The molecule has 112 valence electrons. The highest BCUT2D eigenvalue weighted by Crippen LogP contribution is 2.30. The van der Waals surface area contributed by atoms with Crippen LogP contribution >= 0.6 is 0 Å². The lowest BCUT2D eigenvalue weighted by Gasteiger charge is -2.09. The number of nitrogen functional groups attached to an aromatic ring is 1. The summed E-state index contributed by atoms with van der Waals surface area (Å²) >= 11 is 0. The first kappa shape index (κ1) is 13.4. The quantitative estimate of drug-likeness (QED) is 0.615. The molecule has 0 aliphatic rings. The highest BCUT2D eigenvalue weighted by molar-refractivity contribution is 5.96. The van der Waals surface area contributed by atoms with Crippen molar-refractivity contribution in [2.45, 2.75) is 6.92 Å². The Labute approximate surface area is 132 Å². The first-order chi connectivity index (χ1) is 11.2. The van der Waals surface area contributed by atoms with Crippen molar-refractivity contribution in [3.63, 3.8) is 0 Å². The van der Waals surface area contributed by atoms with Gasteiger partial charge in [0.05, 0.1) is 22.5 Å². The number of tetrazole rings is 1.